The third-order valence-electron chi connectivity index (χ3n) is 3.05. The smallest absolute Gasteiger partial charge is 0.241 e. The summed E-state index contributed by atoms with van der Waals surface area (Å²) in [6.07, 6.45) is 1.80. The topological polar surface area (TPSA) is 90.0 Å². The first-order valence-electron chi connectivity index (χ1n) is 6.21. The van der Waals surface area contributed by atoms with E-state index in [2.05, 4.69) is 9.82 Å². The Morgan fingerprint density at radius 3 is 2.60 bits per heavy atom. The molecule has 3 N–H and O–H groups in total. The summed E-state index contributed by atoms with van der Waals surface area (Å²) in [5, 5.41) is 4.18. The molecule has 0 aliphatic carbocycles. The summed E-state index contributed by atoms with van der Waals surface area (Å²) in [6, 6.07) is 6.72. The highest BCUT2D eigenvalue weighted by Crippen LogP contribution is 2.15. The van der Waals surface area contributed by atoms with Gasteiger partial charge in [0, 0.05) is 31.9 Å². The van der Waals surface area contributed by atoms with E-state index in [1.54, 1.807) is 42.2 Å². The van der Waals surface area contributed by atoms with E-state index in [1.165, 1.54) is 0 Å². The van der Waals surface area contributed by atoms with E-state index < -0.39 is 10.0 Å². The Morgan fingerprint density at radius 2 is 2.00 bits per heavy atom. The summed E-state index contributed by atoms with van der Waals surface area (Å²) in [7, 11) is -1.78. The van der Waals surface area contributed by atoms with Gasteiger partial charge in [-0.3, -0.25) is 4.68 Å². The van der Waals surface area contributed by atoms with Gasteiger partial charge < -0.3 is 5.73 Å². The fourth-order valence-corrected chi connectivity index (χ4v) is 3.26. The zero-order chi connectivity index (χ0) is 14.8. The van der Waals surface area contributed by atoms with Crippen LogP contribution in [0.15, 0.2) is 35.4 Å². The number of aromatic nitrogens is 2. The van der Waals surface area contributed by atoms with Crippen molar-refractivity contribution in [3.8, 4) is 0 Å². The zero-order valence-corrected chi connectivity index (χ0v) is 12.3. The van der Waals surface area contributed by atoms with Crippen molar-refractivity contribution in [2.45, 2.75) is 24.9 Å². The van der Waals surface area contributed by atoms with Gasteiger partial charge in [-0.25, -0.2) is 13.1 Å². The standard InChI is InChI=1S/C13H18N4O2S/c1-10-12(9-17(2)16-10)8-15-20(18,19)13-6-4-3-5-11(13)7-14/h3-6,9,15H,7-8,14H2,1-2H3. The first-order chi connectivity index (χ1) is 9.44. The lowest BCUT2D eigenvalue weighted by atomic mass is 10.2. The lowest BCUT2D eigenvalue weighted by Gasteiger charge is -2.09. The van der Waals surface area contributed by atoms with Gasteiger partial charge in [0.25, 0.3) is 0 Å². The van der Waals surface area contributed by atoms with Crippen molar-refractivity contribution in [2.75, 3.05) is 0 Å². The lowest BCUT2D eigenvalue weighted by molar-refractivity contribution is 0.580. The number of nitrogens with one attached hydrogen (secondary N) is 1. The Bertz CT molecular complexity index is 707. The molecule has 0 aliphatic heterocycles. The van der Waals surface area contributed by atoms with Crippen LogP contribution >= 0.6 is 0 Å². The number of aryl methyl sites for hydroxylation is 2. The van der Waals surface area contributed by atoms with E-state index in [4.69, 9.17) is 5.73 Å². The average molecular weight is 294 g/mol. The molecule has 0 radical (unpaired) electrons. The van der Waals surface area contributed by atoms with Crippen LogP contribution < -0.4 is 10.5 Å². The first-order valence-corrected chi connectivity index (χ1v) is 7.69. The molecule has 2 aromatic rings. The molecule has 1 aromatic carbocycles. The number of rotatable bonds is 5. The van der Waals surface area contributed by atoms with E-state index in [9.17, 15) is 8.42 Å². The largest absolute Gasteiger partial charge is 0.326 e. The van der Waals surface area contributed by atoms with Gasteiger partial charge in [-0.2, -0.15) is 5.10 Å². The summed E-state index contributed by atoms with van der Waals surface area (Å²) < 4.78 is 28.9. The Hall–Kier alpha value is -1.70. The van der Waals surface area contributed by atoms with Gasteiger partial charge in [-0.05, 0) is 18.6 Å². The monoisotopic (exact) mass is 294 g/mol. The third-order valence-corrected chi connectivity index (χ3v) is 4.55. The maximum Gasteiger partial charge on any atom is 0.241 e. The molecule has 1 aromatic heterocycles. The lowest BCUT2D eigenvalue weighted by Crippen LogP contribution is -2.25. The molecule has 1 heterocycles. The number of nitrogens with zero attached hydrogens (tertiary/aromatic N) is 2. The predicted molar refractivity (Wildman–Crippen MR) is 76.3 cm³/mol. The van der Waals surface area contributed by atoms with Crippen LogP contribution in [0.1, 0.15) is 16.8 Å². The van der Waals surface area contributed by atoms with Crippen LogP contribution in [0, 0.1) is 6.92 Å². The highest BCUT2D eigenvalue weighted by Gasteiger charge is 2.17. The molecule has 0 aliphatic rings. The van der Waals surface area contributed by atoms with E-state index in [0.717, 1.165) is 11.3 Å². The van der Waals surface area contributed by atoms with Crippen LogP contribution in [0.3, 0.4) is 0 Å². The van der Waals surface area contributed by atoms with Crippen molar-refractivity contribution < 1.29 is 8.42 Å². The Kier molecular flexibility index (Phi) is 4.22. The van der Waals surface area contributed by atoms with E-state index in [1.807, 2.05) is 6.92 Å². The molecule has 2 rings (SSSR count). The van der Waals surface area contributed by atoms with Gasteiger partial charge >= 0.3 is 0 Å². The molecule has 108 valence electrons. The fraction of sp³-hybridized carbons (Fsp3) is 0.308. The minimum Gasteiger partial charge on any atom is -0.326 e. The van der Waals surface area contributed by atoms with Gasteiger partial charge in [-0.15, -0.1) is 0 Å². The van der Waals surface area contributed by atoms with E-state index >= 15 is 0 Å². The van der Waals surface area contributed by atoms with Crippen molar-refractivity contribution in [2.24, 2.45) is 12.8 Å². The van der Waals surface area contributed by atoms with Gasteiger partial charge in [0.15, 0.2) is 0 Å². The van der Waals surface area contributed by atoms with Crippen molar-refractivity contribution in [1.29, 1.82) is 0 Å². The average Bonchev–Trinajstić information content (AvgIpc) is 2.75. The molecule has 0 saturated heterocycles. The predicted octanol–water partition coefficient (Wildman–Crippen LogP) is 0.666. The van der Waals surface area contributed by atoms with Crippen molar-refractivity contribution in [3.05, 3.63) is 47.3 Å². The van der Waals surface area contributed by atoms with Gasteiger partial charge in [0.05, 0.1) is 10.6 Å². The van der Waals surface area contributed by atoms with Gasteiger partial charge in [0.1, 0.15) is 0 Å². The third kappa shape index (κ3) is 3.06. The van der Waals surface area contributed by atoms with Crippen LogP contribution in [0.25, 0.3) is 0 Å². The highest BCUT2D eigenvalue weighted by atomic mass is 32.2. The molecule has 7 heteroatoms. The highest BCUT2D eigenvalue weighted by molar-refractivity contribution is 7.89. The molecule has 6 nitrogen and oxygen atoms in total. The van der Waals surface area contributed by atoms with Crippen LogP contribution in [0.2, 0.25) is 0 Å². The molecule has 0 amide bonds. The van der Waals surface area contributed by atoms with Crippen molar-refractivity contribution in [3.63, 3.8) is 0 Å². The SMILES string of the molecule is Cc1nn(C)cc1CNS(=O)(=O)c1ccccc1CN. The molecule has 0 unspecified atom stereocenters. The van der Waals surface area contributed by atoms with E-state index in [0.29, 0.717) is 5.56 Å². The van der Waals surface area contributed by atoms with E-state index in [-0.39, 0.29) is 18.0 Å². The van der Waals surface area contributed by atoms with Crippen LogP contribution in [0.4, 0.5) is 0 Å². The molecule has 0 fully saturated rings. The minimum atomic E-state index is -3.58. The molecule has 0 saturated carbocycles. The molecule has 0 spiro atoms. The second-order valence-corrected chi connectivity index (χ2v) is 6.29. The van der Waals surface area contributed by atoms with Crippen molar-refractivity contribution >= 4 is 10.0 Å². The van der Waals surface area contributed by atoms with Crippen LogP contribution in [0.5, 0.6) is 0 Å². The van der Waals surface area contributed by atoms with Crippen LogP contribution in [-0.4, -0.2) is 18.2 Å². The molecular weight excluding hydrogens is 276 g/mol. The number of nitrogens with two attached hydrogens (primary N) is 1. The summed E-state index contributed by atoms with van der Waals surface area (Å²) in [5.41, 5.74) is 7.83. The Labute approximate surface area is 118 Å². The van der Waals surface area contributed by atoms with Gasteiger partial charge in [-0.1, -0.05) is 18.2 Å². The number of sulfonamides is 1. The summed E-state index contributed by atoms with van der Waals surface area (Å²) in [4.78, 5) is 0.226. The second-order valence-electron chi connectivity index (χ2n) is 4.55. The first kappa shape index (κ1) is 14.7. The quantitative estimate of drug-likeness (QED) is 0.848. The van der Waals surface area contributed by atoms with Crippen molar-refractivity contribution in [1.82, 2.24) is 14.5 Å². The Morgan fingerprint density at radius 1 is 1.30 bits per heavy atom. The Balaban J connectivity index is 2.21. The molecule has 0 bridgehead atoms. The maximum absolute atomic E-state index is 12.3. The number of hydrogen-bond acceptors (Lipinski definition) is 4. The normalized spacial score (nSPS) is 11.8. The summed E-state index contributed by atoms with van der Waals surface area (Å²) in [6.45, 7) is 2.24. The van der Waals surface area contributed by atoms with Crippen LogP contribution in [-0.2, 0) is 30.2 Å². The maximum atomic E-state index is 12.3. The molecule has 0 atom stereocenters. The number of benzene rings is 1. The number of hydrogen-bond donors (Lipinski definition) is 2. The second kappa shape index (κ2) is 5.74. The van der Waals surface area contributed by atoms with Gasteiger partial charge in [0.2, 0.25) is 10.0 Å². The zero-order valence-electron chi connectivity index (χ0n) is 11.5. The fourth-order valence-electron chi connectivity index (χ4n) is 2.01. The minimum absolute atomic E-state index is 0.184. The summed E-state index contributed by atoms with van der Waals surface area (Å²) >= 11 is 0. The summed E-state index contributed by atoms with van der Waals surface area (Å²) in [5.74, 6) is 0. The molecular formula is C13H18N4O2S. The molecule has 20 heavy (non-hydrogen) atoms.